The normalized spacial score (nSPS) is 29.4. The highest BCUT2D eigenvalue weighted by atomic mass is 15.2. The standard InChI is InChI=1S/C11H23N3/c12-10-11-4-9-14(11)8-3-7-13-5-1-2-6-13/h11H,1-10,12H2. The predicted octanol–water partition coefficient (Wildman–Crippen LogP) is 0.505. The van der Waals surface area contributed by atoms with Gasteiger partial charge < -0.3 is 10.6 Å². The molecule has 1 unspecified atom stereocenters. The van der Waals surface area contributed by atoms with E-state index in [1.54, 1.807) is 0 Å². The zero-order valence-electron chi connectivity index (χ0n) is 9.12. The van der Waals surface area contributed by atoms with Gasteiger partial charge in [-0.25, -0.2) is 0 Å². The average Bonchev–Trinajstić information content (AvgIpc) is 2.64. The molecular formula is C11H23N3. The van der Waals surface area contributed by atoms with Gasteiger partial charge in [-0.3, -0.25) is 4.90 Å². The van der Waals surface area contributed by atoms with Crippen molar-refractivity contribution in [2.75, 3.05) is 39.3 Å². The van der Waals surface area contributed by atoms with Crippen molar-refractivity contribution >= 4 is 0 Å². The Balaban J connectivity index is 1.54. The van der Waals surface area contributed by atoms with Crippen molar-refractivity contribution in [3.05, 3.63) is 0 Å². The van der Waals surface area contributed by atoms with Crippen LogP contribution in [0.25, 0.3) is 0 Å². The summed E-state index contributed by atoms with van der Waals surface area (Å²) in [7, 11) is 0. The molecule has 0 radical (unpaired) electrons. The van der Waals surface area contributed by atoms with Crippen LogP contribution in [0.3, 0.4) is 0 Å². The van der Waals surface area contributed by atoms with Crippen molar-refractivity contribution in [3.63, 3.8) is 0 Å². The van der Waals surface area contributed by atoms with Gasteiger partial charge in [-0.15, -0.1) is 0 Å². The topological polar surface area (TPSA) is 32.5 Å². The van der Waals surface area contributed by atoms with Crippen LogP contribution in [0, 0.1) is 0 Å². The number of nitrogens with two attached hydrogens (primary N) is 1. The lowest BCUT2D eigenvalue weighted by Gasteiger charge is -2.40. The first-order chi connectivity index (χ1) is 6.90. The summed E-state index contributed by atoms with van der Waals surface area (Å²) in [6.45, 7) is 7.36. The number of likely N-dealkylation sites (tertiary alicyclic amines) is 2. The smallest absolute Gasteiger partial charge is 0.0230 e. The molecule has 0 aromatic rings. The van der Waals surface area contributed by atoms with E-state index >= 15 is 0 Å². The molecule has 0 amide bonds. The minimum atomic E-state index is 0.702. The fraction of sp³-hybridized carbons (Fsp3) is 1.00. The van der Waals surface area contributed by atoms with Gasteiger partial charge >= 0.3 is 0 Å². The van der Waals surface area contributed by atoms with Gasteiger partial charge in [0.05, 0.1) is 0 Å². The first kappa shape index (κ1) is 10.4. The number of nitrogens with zero attached hydrogens (tertiary/aromatic N) is 2. The van der Waals surface area contributed by atoms with Gasteiger partial charge in [0.25, 0.3) is 0 Å². The van der Waals surface area contributed by atoms with Gasteiger partial charge in [0.2, 0.25) is 0 Å². The zero-order valence-corrected chi connectivity index (χ0v) is 9.12. The van der Waals surface area contributed by atoms with Gasteiger partial charge in [0, 0.05) is 19.1 Å². The lowest BCUT2D eigenvalue weighted by molar-refractivity contribution is 0.0916. The molecule has 0 aromatic heterocycles. The second-order valence-corrected chi connectivity index (χ2v) is 4.62. The fourth-order valence-corrected chi connectivity index (χ4v) is 2.56. The Bertz CT molecular complexity index is 164. The minimum Gasteiger partial charge on any atom is -0.329 e. The van der Waals surface area contributed by atoms with E-state index in [1.165, 1.54) is 58.4 Å². The fourth-order valence-electron chi connectivity index (χ4n) is 2.56. The minimum absolute atomic E-state index is 0.702. The van der Waals surface area contributed by atoms with Gasteiger partial charge in [0.15, 0.2) is 0 Å². The summed E-state index contributed by atoms with van der Waals surface area (Å²) in [6.07, 6.45) is 5.47. The lowest BCUT2D eigenvalue weighted by Crippen LogP contribution is -2.52. The SMILES string of the molecule is NCC1CCN1CCCN1CCCC1. The lowest BCUT2D eigenvalue weighted by atomic mass is 10.0. The van der Waals surface area contributed by atoms with E-state index in [4.69, 9.17) is 5.73 Å². The molecule has 0 aliphatic carbocycles. The van der Waals surface area contributed by atoms with Crippen molar-refractivity contribution in [3.8, 4) is 0 Å². The van der Waals surface area contributed by atoms with Crippen molar-refractivity contribution in [1.82, 2.24) is 9.80 Å². The van der Waals surface area contributed by atoms with E-state index in [0.717, 1.165) is 6.54 Å². The zero-order chi connectivity index (χ0) is 9.80. The summed E-state index contributed by atoms with van der Waals surface area (Å²) in [5.41, 5.74) is 5.67. The predicted molar refractivity (Wildman–Crippen MR) is 59.3 cm³/mol. The first-order valence-corrected chi connectivity index (χ1v) is 6.06. The molecule has 0 aromatic carbocycles. The number of hydrogen-bond acceptors (Lipinski definition) is 3. The van der Waals surface area contributed by atoms with Crippen LogP contribution in [-0.2, 0) is 0 Å². The maximum Gasteiger partial charge on any atom is 0.0230 e. The van der Waals surface area contributed by atoms with Crippen molar-refractivity contribution in [2.24, 2.45) is 5.73 Å². The summed E-state index contributed by atoms with van der Waals surface area (Å²) in [4.78, 5) is 5.13. The monoisotopic (exact) mass is 197 g/mol. The summed E-state index contributed by atoms with van der Waals surface area (Å²) in [5, 5.41) is 0. The highest BCUT2D eigenvalue weighted by Gasteiger charge is 2.25. The highest BCUT2D eigenvalue weighted by molar-refractivity contribution is 4.83. The molecule has 2 aliphatic rings. The molecule has 1 atom stereocenters. The summed E-state index contributed by atoms with van der Waals surface area (Å²) in [6, 6.07) is 0.702. The molecule has 2 N–H and O–H groups in total. The van der Waals surface area contributed by atoms with Crippen LogP contribution < -0.4 is 5.73 Å². The van der Waals surface area contributed by atoms with Gasteiger partial charge in [0.1, 0.15) is 0 Å². The Morgan fingerprint density at radius 3 is 2.43 bits per heavy atom. The maximum absolute atomic E-state index is 5.67. The highest BCUT2D eigenvalue weighted by Crippen LogP contribution is 2.16. The van der Waals surface area contributed by atoms with Gasteiger partial charge in [-0.05, 0) is 51.9 Å². The first-order valence-electron chi connectivity index (χ1n) is 6.06. The maximum atomic E-state index is 5.67. The number of hydrogen-bond donors (Lipinski definition) is 1. The molecule has 82 valence electrons. The van der Waals surface area contributed by atoms with Crippen LogP contribution in [0.1, 0.15) is 25.7 Å². The molecule has 0 bridgehead atoms. The van der Waals surface area contributed by atoms with Crippen LogP contribution in [-0.4, -0.2) is 55.1 Å². The number of rotatable bonds is 5. The van der Waals surface area contributed by atoms with E-state index in [0.29, 0.717) is 6.04 Å². The van der Waals surface area contributed by atoms with Gasteiger partial charge in [-0.2, -0.15) is 0 Å². The second kappa shape index (κ2) is 5.10. The van der Waals surface area contributed by atoms with Crippen molar-refractivity contribution in [1.29, 1.82) is 0 Å². The van der Waals surface area contributed by atoms with Crippen LogP contribution >= 0.6 is 0 Å². The van der Waals surface area contributed by atoms with Crippen LogP contribution in [0.2, 0.25) is 0 Å². The molecule has 3 heteroatoms. The summed E-state index contributed by atoms with van der Waals surface area (Å²) in [5.74, 6) is 0. The third-order valence-electron chi connectivity index (χ3n) is 3.66. The van der Waals surface area contributed by atoms with Crippen LogP contribution in [0.4, 0.5) is 0 Å². The van der Waals surface area contributed by atoms with Crippen molar-refractivity contribution < 1.29 is 0 Å². The molecule has 3 nitrogen and oxygen atoms in total. The van der Waals surface area contributed by atoms with Crippen LogP contribution in [0.5, 0.6) is 0 Å². The van der Waals surface area contributed by atoms with Crippen molar-refractivity contribution in [2.45, 2.75) is 31.7 Å². The second-order valence-electron chi connectivity index (χ2n) is 4.62. The Hall–Kier alpha value is -0.120. The molecular weight excluding hydrogens is 174 g/mol. The molecule has 14 heavy (non-hydrogen) atoms. The molecule has 0 spiro atoms. The summed E-state index contributed by atoms with van der Waals surface area (Å²) >= 11 is 0. The molecule has 2 heterocycles. The van der Waals surface area contributed by atoms with E-state index < -0.39 is 0 Å². The van der Waals surface area contributed by atoms with E-state index in [-0.39, 0.29) is 0 Å². The quantitative estimate of drug-likeness (QED) is 0.697. The Morgan fingerprint density at radius 1 is 1.07 bits per heavy atom. The Labute approximate surface area is 87.2 Å². The molecule has 2 rings (SSSR count). The Kier molecular flexibility index (Phi) is 3.79. The van der Waals surface area contributed by atoms with E-state index in [9.17, 15) is 0 Å². The average molecular weight is 197 g/mol. The molecule has 0 saturated carbocycles. The molecule has 2 fully saturated rings. The third kappa shape index (κ3) is 2.47. The Morgan fingerprint density at radius 2 is 1.86 bits per heavy atom. The largest absolute Gasteiger partial charge is 0.329 e. The summed E-state index contributed by atoms with van der Waals surface area (Å²) < 4.78 is 0. The molecule has 2 saturated heterocycles. The third-order valence-corrected chi connectivity index (χ3v) is 3.66. The van der Waals surface area contributed by atoms with Crippen LogP contribution in [0.15, 0.2) is 0 Å². The van der Waals surface area contributed by atoms with Gasteiger partial charge in [-0.1, -0.05) is 0 Å². The molecule has 2 aliphatic heterocycles. The van der Waals surface area contributed by atoms with E-state index in [2.05, 4.69) is 9.80 Å². The van der Waals surface area contributed by atoms with E-state index in [1.807, 2.05) is 0 Å².